The van der Waals surface area contributed by atoms with E-state index in [9.17, 15) is 38.2 Å². The van der Waals surface area contributed by atoms with E-state index in [0.29, 0.717) is 12.8 Å². The summed E-state index contributed by atoms with van der Waals surface area (Å²) in [6.45, 7) is 3.52. The van der Waals surface area contributed by atoms with Crippen molar-refractivity contribution >= 4 is 16.3 Å². The van der Waals surface area contributed by atoms with Gasteiger partial charge in [-0.05, 0) is 12.8 Å². The van der Waals surface area contributed by atoms with Gasteiger partial charge in [0.05, 0.1) is 25.4 Å². The summed E-state index contributed by atoms with van der Waals surface area (Å²) in [6, 6.07) is -0.854. The van der Waals surface area contributed by atoms with Crippen molar-refractivity contribution in [2.24, 2.45) is 0 Å². The van der Waals surface area contributed by atoms with Crippen molar-refractivity contribution in [2.75, 3.05) is 13.2 Å². The van der Waals surface area contributed by atoms with Gasteiger partial charge in [-0.1, -0.05) is 348 Å². The molecule has 13 heteroatoms. The van der Waals surface area contributed by atoms with Gasteiger partial charge in [0.25, 0.3) is 0 Å². The van der Waals surface area contributed by atoms with Gasteiger partial charge in [0.15, 0.2) is 6.29 Å². The molecule has 0 saturated carbocycles. The number of unbranched alkanes of at least 4 members (excludes halogenated alkanes) is 51. The number of amides is 1. The quantitative estimate of drug-likeness (QED) is 0.0251. The molecule has 0 aromatic rings. The second kappa shape index (κ2) is 57.2. The Kier molecular flexibility index (Phi) is 55.1. The predicted octanol–water partition coefficient (Wildman–Crippen LogP) is 18.0. The molecule has 1 heterocycles. The lowest BCUT2D eigenvalue weighted by Gasteiger charge is -2.41. The number of carbonyl (C=O) groups excluding carboxylic acids is 1. The largest absolute Gasteiger partial charge is 0.397 e. The average molecular weight is 1160 g/mol. The first-order chi connectivity index (χ1) is 39.0. The Labute approximate surface area is 494 Å². The van der Waals surface area contributed by atoms with E-state index in [1.807, 2.05) is 0 Å². The van der Waals surface area contributed by atoms with E-state index < -0.39 is 59.9 Å². The molecule has 0 aliphatic carbocycles. The van der Waals surface area contributed by atoms with Crippen LogP contribution in [-0.2, 0) is 28.9 Å². The van der Waals surface area contributed by atoms with Crippen LogP contribution in [0.25, 0.3) is 0 Å². The molecule has 7 unspecified atom stereocenters. The Morgan fingerprint density at radius 3 is 1.00 bits per heavy atom. The average Bonchev–Trinajstić information content (AvgIpc) is 3.43. The first-order valence-electron chi connectivity index (χ1n) is 34.9. The zero-order valence-corrected chi connectivity index (χ0v) is 53.3. The third kappa shape index (κ3) is 48.3. The zero-order valence-electron chi connectivity index (χ0n) is 52.4. The molecule has 0 bridgehead atoms. The summed E-state index contributed by atoms with van der Waals surface area (Å²) in [5.74, 6) is -0.220. The molecule has 7 atom stereocenters. The Morgan fingerprint density at radius 1 is 0.450 bits per heavy atom. The molecular weight excluding hydrogens is 1030 g/mol. The number of rotatable bonds is 63. The monoisotopic (exact) mass is 1160 g/mol. The molecule has 6 N–H and O–H groups in total. The second-order valence-electron chi connectivity index (χ2n) is 24.8. The molecule has 12 nitrogen and oxygen atoms in total. The smallest absolute Gasteiger partial charge is 0.394 e. The maximum atomic E-state index is 13.2. The van der Waals surface area contributed by atoms with E-state index in [-0.39, 0.29) is 12.5 Å². The molecule has 1 amide bonds. The summed E-state index contributed by atoms with van der Waals surface area (Å²) in [5, 5.41) is 45.3. The molecular formula is C67H133NO11S. The van der Waals surface area contributed by atoms with Gasteiger partial charge in [0, 0.05) is 6.42 Å². The van der Waals surface area contributed by atoms with E-state index in [2.05, 4.69) is 23.3 Å². The summed E-state index contributed by atoms with van der Waals surface area (Å²) < 4.78 is 48.1. The lowest BCUT2D eigenvalue weighted by molar-refractivity contribution is -0.298. The summed E-state index contributed by atoms with van der Waals surface area (Å²) in [6.07, 6.45) is 61.5. The Balaban J connectivity index is 2.16. The van der Waals surface area contributed by atoms with Gasteiger partial charge >= 0.3 is 10.4 Å². The molecule has 478 valence electrons. The number of aliphatic hydroxyl groups excluding tert-OH is 4. The summed E-state index contributed by atoms with van der Waals surface area (Å²) in [7, 11) is -5.08. The van der Waals surface area contributed by atoms with E-state index in [1.54, 1.807) is 0 Å². The highest BCUT2D eigenvalue weighted by Crippen LogP contribution is 2.27. The third-order valence-electron chi connectivity index (χ3n) is 17.2. The van der Waals surface area contributed by atoms with Gasteiger partial charge in [0.1, 0.15) is 24.4 Å². The van der Waals surface area contributed by atoms with Crippen LogP contribution >= 0.6 is 0 Å². The fourth-order valence-corrected chi connectivity index (χ4v) is 12.3. The van der Waals surface area contributed by atoms with E-state index in [4.69, 9.17) is 9.47 Å². The van der Waals surface area contributed by atoms with Crippen LogP contribution in [0.2, 0.25) is 0 Å². The Bertz CT molecular complexity index is 1410. The van der Waals surface area contributed by atoms with Crippen molar-refractivity contribution in [3.8, 4) is 0 Å². The Hall–Kier alpha value is -0.900. The first-order valence-corrected chi connectivity index (χ1v) is 36.3. The normalized spacial score (nSPS) is 18.5. The van der Waals surface area contributed by atoms with Crippen LogP contribution in [0.15, 0.2) is 0 Å². The van der Waals surface area contributed by atoms with Crippen molar-refractivity contribution in [3.63, 3.8) is 0 Å². The highest BCUT2D eigenvalue weighted by atomic mass is 32.3. The predicted molar refractivity (Wildman–Crippen MR) is 333 cm³/mol. The standard InChI is InChI=1S/C67H133NO11S/c1-3-5-7-9-11-13-15-17-19-21-23-24-25-26-27-28-29-30-31-32-33-34-35-36-37-38-39-41-43-45-47-49-51-53-55-57-63(71)68-60(59-77-67-65(73)66(79-80(74,75)76)64(72)62(58-69)78-67)61(70)56-54-52-50-48-46-44-42-40-22-20-18-16-14-12-10-8-6-4-2/h60-62,64-67,69-70,72-73H,3-59H2,1-2H3,(H,68,71)(H,74,75,76). The topological polar surface area (TPSA) is 192 Å². The highest BCUT2D eigenvalue weighted by Gasteiger charge is 2.48. The van der Waals surface area contributed by atoms with Crippen LogP contribution in [0, 0.1) is 0 Å². The third-order valence-corrected chi connectivity index (χ3v) is 17.6. The molecule has 80 heavy (non-hydrogen) atoms. The van der Waals surface area contributed by atoms with Gasteiger partial charge < -0.3 is 35.2 Å². The van der Waals surface area contributed by atoms with Gasteiger partial charge in [-0.2, -0.15) is 8.42 Å². The Morgan fingerprint density at radius 2 is 0.725 bits per heavy atom. The van der Waals surface area contributed by atoms with Gasteiger partial charge in [-0.3, -0.25) is 9.35 Å². The minimum absolute atomic E-state index is 0.220. The molecule has 0 spiro atoms. The molecule has 0 radical (unpaired) electrons. The molecule has 1 rings (SSSR count). The van der Waals surface area contributed by atoms with E-state index in [1.165, 1.54) is 289 Å². The summed E-state index contributed by atoms with van der Waals surface area (Å²) in [4.78, 5) is 13.2. The second-order valence-corrected chi connectivity index (χ2v) is 25.9. The maximum Gasteiger partial charge on any atom is 0.397 e. The zero-order chi connectivity index (χ0) is 58.3. The molecule has 1 aliphatic rings. The van der Waals surface area contributed by atoms with Crippen molar-refractivity contribution < 1.29 is 51.8 Å². The van der Waals surface area contributed by atoms with Crippen LogP contribution in [0.3, 0.4) is 0 Å². The van der Waals surface area contributed by atoms with Crippen molar-refractivity contribution in [2.45, 2.75) is 410 Å². The number of hydrogen-bond acceptors (Lipinski definition) is 10. The SMILES string of the molecule is CCCCCCCCCCCCCCCCCCCCCCCCCCCCCCCCCCCCCC(=O)NC(COC1OC(CO)C(O)C(OS(=O)(=O)O)C1O)C(O)CCCCCCCCCCCCCCCCCCCC. The summed E-state index contributed by atoms with van der Waals surface area (Å²) in [5.41, 5.74) is 0. The van der Waals surface area contributed by atoms with Crippen LogP contribution in [0.5, 0.6) is 0 Å². The van der Waals surface area contributed by atoms with E-state index in [0.717, 1.165) is 51.4 Å². The number of hydrogen-bond donors (Lipinski definition) is 6. The number of ether oxygens (including phenoxy) is 2. The number of carbonyl (C=O) groups is 1. The fourth-order valence-electron chi connectivity index (χ4n) is 11.8. The van der Waals surface area contributed by atoms with Crippen LogP contribution in [0.4, 0.5) is 0 Å². The molecule has 1 aliphatic heterocycles. The van der Waals surface area contributed by atoms with Gasteiger partial charge in [0.2, 0.25) is 5.91 Å². The van der Waals surface area contributed by atoms with Gasteiger partial charge in [-0.25, -0.2) is 4.18 Å². The van der Waals surface area contributed by atoms with Crippen molar-refractivity contribution in [1.29, 1.82) is 0 Å². The molecule has 1 saturated heterocycles. The van der Waals surface area contributed by atoms with Crippen molar-refractivity contribution in [3.05, 3.63) is 0 Å². The minimum Gasteiger partial charge on any atom is -0.394 e. The molecule has 0 aromatic carbocycles. The van der Waals surface area contributed by atoms with Gasteiger partial charge in [-0.15, -0.1) is 0 Å². The lowest BCUT2D eigenvalue weighted by Crippen LogP contribution is -2.61. The summed E-state index contributed by atoms with van der Waals surface area (Å²) >= 11 is 0. The molecule has 0 aromatic heterocycles. The first kappa shape index (κ1) is 77.1. The van der Waals surface area contributed by atoms with Crippen LogP contribution in [0.1, 0.15) is 367 Å². The lowest BCUT2D eigenvalue weighted by atomic mass is 9.99. The number of nitrogens with one attached hydrogen (secondary N) is 1. The van der Waals surface area contributed by atoms with Crippen molar-refractivity contribution in [1.82, 2.24) is 5.32 Å². The maximum absolute atomic E-state index is 13.2. The van der Waals surface area contributed by atoms with E-state index >= 15 is 0 Å². The molecule has 1 fully saturated rings. The fraction of sp³-hybridized carbons (Fsp3) is 0.985. The number of aliphatic hydroxyl groups is 4. The van der Waals surface area contributed by atoms with Crippen LogP contribution < -0.4 is 5.32 Å². The minimum atomic E-state index is -5.08. The van der Waals surface area contributed by atoms with Crippen LogP contribution in [-0.4, -0.2) is 95.4 Å². The highest BCUT2D eigenvalue weighted by molar-refractivity contribution is 7.80.